The van der Waals surface area contributed by atoms with E-state index in [2.05, 4.69) is 91.7 Å². The molecule has 0 atom stereocenters. The lowest BCUT2D eigenvalue weighted by Crippen LogP contribution is -2.09. The van der Waals surface area contributed by atoms with Crippen molar-refractivity contribution in [3.63, 3.8) is 0 Å². The molecule has 0 aliphatic rings. The number of aromatic nitrogens is 2. The first-order valence-corrected chi connectivity index (χ1v) is 8.97. The number of nitrogens with zero attached hydrogens (tertiary/aromatic N) is 2. The van der Waals surface area contributed by atoms with Gasteiger partial charge in [-0.3, -0.25) is 0 Å². The Morgan fingerprint density at radius 1 is 0.875 bits per heavy atom. The Bertz CT molecular complexity index is 777. The van der Waals surface area contributed by atoms with Crippen molar-refractivity contribution in [2.45, 2.75) is 13.0 Å². The summed E-state index contributed by atoms with van der Waals surface area (Å²) in [7, 11) is 0. The van der Waals surface area contributed by atoms with Gasteiger partial charge < -0.3 is 10.6 Å². The summed E-state index contributed by atoms with van der Waals surface area (Å²) in [6.07, 6.45) is 2.72. The lowest BCUT2D eigenvalue weighted by Gasteiger charge is -2.09. The molecule has 0 radical (unpaired) electrons. The Morgan fingerprint density at radius 2 is 1.71 bits per heavy atom. The largest absolute Gasteiger partial charge is 0.366 e. The van der Waals surface area contributed by atoms with Crippen LogP contribution in [0.5, 0.6) is 0 Å². The van der Waals surface area contributed by atoms with Gasteiger partial charge in [-0.15, -0.1) is 0 Å². The maximum Gasteiger partial charge on any atom is 0.224 e. The van der Waals surface area contributed by atoms with Crippen molar-refractivity contribution in [1.82, 2.24) is 9.97 Å². The van der Waals surface area contributed by atoms with E-state index in [9.17, 15) is 0 Å². The molecule has 3 aromatic rings. The van der Waals surface area contributed by atoms with Gasteiger partial charge >= 0.3 is 0 Å². The van der Waals surface area contributed by atoms with Crippen LogP contribution in [0.4, 0.5) is 11.8 Å². The number of hydrogen-bond donors (Lipinski definition) is 2. The Morgan fingerprint density at radius 3 is 2.54 bits per heavy atom. The zero-order valence-corrected chi connectivity index (χ0v) is 15.4. The van der Waals surface area contributed by atoms with Crippen LogP contribution in [0.15, 0.2) is 66.9 Å². The van der Waals surface area contributed by atoms with E-state index in [1.54, 1.807) is 6.20 Å². The second-order valence-electron chi connectivity index (χ2n) is 5.41. The third-order valence-electron chi connectivity index (χ3n) is 3.56. The number of anilines is 2. The molecule has 24 heavy (non-hydrogen) atoms. The molecule has 0 bridgehead atoms. The maximum absolute atomic E-state index is 4.51. The van der Waals surface area contributed by atoms with E-state index in [0.29, 0.717) is 5.95 Å². The highest BCUT2D eigenvalue weighted by Gasteiger charge is 2.00. The molecule has 0 aliphatic heterocycles. The average Bonchev–Trinajstić information content (AvgIpc) is 2.61. The fourth-order valence-electron chi connectivity index (χ4n) is 2.35. The predicted octanol–water partition coefficient (Wildman–Crippen LogP) is 4.35. The van der Waals surface area contributed by atoms with E-state index in [1.165, 1.54) is 14.7 Å². The molecule has 0 spiro atoms. The Hall–Kier alpha value is -2.15. The molecule has 0 aliphatic carbocycles. The average molecular weight is 430 g/mol. The van der Waals surface area contributed by atoms with Crippen LogP contribution in [-0.4, -0.2) is 16.5 Å². The van der Waals surface area contributed by atoms with Crippen molar-refractivity contribution in [2.75, 3.05) is 17.2 Å². The normalized spacial score (nSPS) is 10.4. The number of rotatable bonds is 7. The first-order valence-electron chi connectivity index (χ1n) is 7.89. The summed E-state index contributed by atoms with van der Waals surface area (Å²) >= 11 is 2.32. The Balaban J connectivity index is 1.52. The summed E-state index contributed by atoms with van der Waals surface area (Å²) in [6.45, 7) is 1.56. The summed E-state index contributed by atoms with van der Waals surface area (Å²) in [6, 6.07) is 20.7. The third kappa shape index (κ3) is 5.19. The highest BCUT2D eigenvalue weighted by molar-refractivity contribution is 14.1. The van der Waals surface area contributed by atoms with E-state index in [0.717, 1.165) is 25.3 Å². The molecule has 1 heterocycles. The van der Waals surface area contributed by atoms with Crippen LogP contribution >= 0.6 is 22.6 Å². The van der Waals surface area contributed by atoms with E-state index in [1.807, 2.05) is 12.1 Å². The zero-order valence-electron chi connectivity index (χ0n) is 13.2. The van der Waals surface area contributed by atoms with Gasteiger partial charge in [0.1, 0.15) is 5.82 Å². The molecule has 2 N–H and O–H groups in total. The van der Waals surface area contributed by atoms with Crippen LogP contribution in [0.2, 0.25) is 0 Å². The molecule has 0 amide bonds. The van der Waals surface area contributed by atoms with Gasteiger partial charge in [-0.25, -0.2) is 4.98 Å². The van der Waals surface area contributed by atoms with Crippen LogP contribution < -0.4 is 10.6 Å². The molecule has 0 unspecified atom stereocenters. The van der Waals surface area contributed by atoms with Gasteiger partial charge in [0.2, 0.25) is 5.95 Å². The fraction of sp³-hybridized carbons (Fsp3) is 0.158. The topological polar surface area (TPSA) is 49.8 Å². The van der Waals surface area contributed by atoms with Crippen molar-refractivity contribution in [2.24, 2.45) is 0 Å². The highest BCUT2D eigenvalue weighted by Crippen LogP contribution is 2.11. The van der Waals surface area contributed by atoms with E-state index in [4.69, 9.17) is 0 Å². The monoisotopic (exact) mass is 430 g/mol. The quantitative estimate of drug-likeness (QED) is 0.548. The SMILES string of the molecule is Ic1cccc(CNc2ccnc(NCCc3ccccc3)n2)c1. The second-order valence-corrected chi connectivity index (χ2v) is 6.66. The van der Waals surface area contributed by atoms with Crippen molar-refractivity contribution < 1.29 is 0 Å². The highest BCUT2D eigenvalue weighted by atomic mass is 127. The van der Waals surface area contributed by atoms with Gasteiger partial charge in [-0.2, -0.15) is 4.98 Å². The molecule has 0 fully saturated rings. The molecule has 0 saturated heterocycles. The summed E-state index contributed by atoms with van der Waals surface area (Å²) in [5.41, 5.74) is 2.54. The Labute approximate surface area is 155 Å². The lowest BCUT2D eigenvalue weighted by molar-refractivity contribution is 0.979. The van der Waals surface area contributed by atoms with Crippen molar-refractivity contribution in [3.8, 4) is 0 Å². The van der Waals surface area contributed by atoms with Crippen molar-refractivity contribution in [1.29, 1.82) is 0 Å². The molecule has 4 nitrogen and oxygen atoms in total. The summed E-state index contributed by atoms with van der Waals surface area (Å²) in [5.74, 6) is 1.48. The van der Waals surface area contributed by atoms with Gasteiger partial charge in [0.05, 0.1) is 0 Å². The number of nitrogens with one attached hydrogen (secondary N) is 2. The number of hydrogen-bond acceptors (Lipinski definition) is 4. The fourth-order valence-corrected chi connectivity index (χ4v) is 2.95. The first-order chi connectivity index (χ1) is 11.8. The molecule has 0 saturated carbocycles. The van der Waals surface area contributed by atoms with E-state index < -0.39 is 0 Å². The minimum atomic E-state index is 0.651. The van der Waals surface area contributed by atoms with Gasteiger partial charge in [0.25, 0.3) is 0 Å². The van der Waals surface area contributed by atoms with E-state index >= 15 is 0 Å². The predicted molar refractivity (Wildman–Crippen MR) is 107 cm³/mol. The molecule has 5 heteroatoms. The van der Waals surface area contributed by atoms with Gasteiger partial charge in [0.15, 0.2) is 0 Å². The maximum atomic E-state index is 4.51. The van der Waals surface area contributed by atoms with Crippen LogP contribution in [0.25, 0.3) is 0 Å². The summed E-state index contributed by atoms with van der Waals surface area (Å²) in [4.78, 5) is 8.78. The molecule has 2 aromatic carbocycles. The summed E-state index contributed by atoms with van der Waals surface area (Å²) in [5, 5.41) is 6.62. The molecule has 1 aromatic heterocycles. The second kappa shape index (κ2) is 8.63. The van der Waals surface area contributed by atoms with Crippen LogP contribution in [0.1, 0.15) is 11.1 Å². The third-order valence-corrected chi connectivity index (χ3v) is 4.23. The number of halogens is 1. The first kappa shape index (κ1) is 16.7. The smallest absolute Gasteiger partial charge is 0.224 e. The minimum Gasteiger partial charge on any atom is -0.366 e. The lowest BCUT2D eigenvalue weighted by atomic mass is 10.1. The standard InChI is InChI=1S/C19H19IN4/c20-17-8-4-7-16(13-17)14-23-18-10-12-22-19(24-18)21-11-9-15-5-2-1-3-6-15/h1-8,10,12-13H,9,11,14H2,(H2,21,22,23,24). The number of benzene rings is 2. The molecular weight excluding hydrogens is 411 g/mol. The van der Waals surface area contributed by atoms with Crippen LogP contribution in [0.3, 0.4) is 0 Å². The molecular formula is C19H19IN4. The van der Waals surface area contributed by atoms with Crippen LogP contribution in [-0.2, 0) is 13.0 Å². The van der Waals surface area contributed by atoms with Gasteiger partial charge in [0, 0.05) is 22.9 Å². The van der Waals surface area contributed by atoms with Crippen molar-refractivity contribution in [3.05, 3.63) is 81.6 Å². The van der Waals surface area contributed by atoms with E-state index in [-0.39, 0.29) is 0 Å². The Kier molecular flexibility index (Phi) is 6.01. The van der Waals surface area contributed by atoms with Crippen LogP contribution in [0, 0.1) is 3.57 Å². The molecule has 122 valence electrons. The van der Waals surface area contributed by atoms with Gasteiger partial charge in [-0.05, 0) is 58.3 Å². The van der Waals surface area contributed by atoms with Gasteiger partial charge in [-0.1, -0.05) is 42.5 Å². The zero-order chi connectivity index (χ0) is 16.6. The summed E-state index contributed by atoms with van der Waals surface area (Å²) < 4.78 is 1.23. The molecule has 3 rings (SSSR count). The minimum absolute atomic E-state index is 0.651. The van der Waals surface area contributed by atoms with Crippen molar-refractivity contribution >= 4 is 34.4 Å².